The van der Waals surface area contributed by atoms with Crippen LogP contribution in [-0.2, 0) is 0 Å². The number of piperazine rings is 1. The molecule has 0 saturated carbocycles. The Bertz CT molecular complexity index is 191. The van der Waals surface area contributed by atoms with Crippen molar-refractivity contribution in [3.8, 4) is 0 Å². The van der Waals surface area contributed by atoms with Gasteiger partial charge in [-0.1, -0.05) is 6.92 Å². The molecule has 3 heteroatoms. The lowest BCUT2D eigenvalue weighted by atomic mass is 9.83. The number of piperidine rings is 1. The van der Waals surface area contributed by atoms with E-state index in [1.54, 1.807) is 0 Å². The predicted octanol–water partition coefficient (Wildman–Crippen LogP) is 0.766. The van der Waals surface area contributed by atoms with E-state index in [1.807, 2.05) is 0 Å². The Morgan fingerprint density at radius 1 is 1.07 bits per heavy atom. The van der Waals surface area contributed by atoms with Gasteiger partial charge < -0.3 is 10.2 Å². The summed E-state index contributed by atoms with van der Waals surface area (Å²) < 4.78 is 0. The lowest BCUT2D eigenvalue weighted by Crippen LogP contribution is -2.59. The topological polar surface area (TPSA) is 18.5 Å². The van der Waals surface area contributed by atoms with Crippen molar-refractivity contribution in [2.24, 2.45) is 0 Å². The van der Waals surface area contributed by atoms with E-state index < -0.39 is 0 Å². The highest BCUT2D eigenvalue weighted by atomic mass is 15.3. The fourth-order valence-corrected chi connectivity index (χ4v) is 3.07. The normalized spacial score (nSPS) is 29.2. The molecule has 0 amide bonds. The zero-order chi connectivity index (χ0) is 10.7. The molecule has 2 rings (SSSR count). The Hall–Kier alpha value is -0.120. The first-order chi connectivity index (χ1) is 7.27. The van der Waals surface area contributed by atoms with Gasteiger partial charge in [-0.15, -0.1) is 0 Å². The van der Waals surface area contributed by atoms with Crippen LogP contribution >= 0.6 is 0 Å². The molecule has 0 aromatic rings. The van der Waals surface area contributed by atoms with Gasteiger partial charge in [0.15, 0.2) is 0 Å². The van der Waals surface area contributed by atoms with E-state index in [2.05, 4.69) is 29.1 Å². The minimum Gasteiger partial charge on any atom is -0.317 e. The number of likely N-dealkylation sites (N-methyl/N-ethyl adjacent to an activating group) is 1. The quantitative estimate of drug-likeness (QED) is 0.728. The zero-order valence-electron chi connectivity index (χ0n) is 10.3. The fraction of sp³-hybridized carbons (Fsp3) is 1.00. The molecule has 2 heterocycles. The minimum absolute atomic E-state index is 0.520. The Balaban J connectivity index is 1.98. The maximum atomic E-state index is 3.48. The van der Waals surface area contributed by atoms with E-state index >= 15 is 0 Å². The third-order valence-electron chi connectivity index (χ3n) is 4.37. The molecular weight excluding hydrogens is 186 g/mol. The van der Waals surface area contributed by atoms with E-state index in [4.69, 9.17) is 0 Å². The van der Waals surface area contributed by atoms with Crippen LogP contribution in [0.2, 0.25) is 0 Å². The highest BCUT2D eigenvalue weighted by Crippen LogP contribution is 2.30. The number of nitrogens with one attached hydrogen (secondary N) is 1. The molecule has 0 aromatic heterocycles. The van der Waals surface area contributed by atoms with Gasteiger partial charge in [0.25, 0.3) is 0 Å². The van der Waals surface area contributed by atoms with Crippen molar-refractivity contribution in [2.75, 3.05) is 46.3 Å². The summed E-state index contributed by atoms with van der Waals surface area (Å²) in [5.41, 5.74) is 0.520. The Kier molecular flexibility index (Phi) is 3.65. The predicted molar refractivity (Wildman–Crippen MR) is 64.2 cm³/mol. The number of hydrogen-bond donors (Lipinski definition) is 1. The standard InChI is InChI=1S/C12H25N3/c1-3-12(4-6-13-7-5-12)15-10-8-14(2)9-11-15/h13H,3-11H2,1-2H3. The molecule has 0 atom stereocenters. The average molecular weight is 211 g/mol. The first kappa shape index (κ1) is 11.4. The smallest absolute Gasteiger partial charge is 0.0232 e. The van der Waals surface area contributed by atoms with E-state index in [0.717, 1.165) is 0 Å². The van der Waals surface area contributed by atoms with Gasteiger partial charge in [0.1, 0.15) is 0 Å². The number of rotatable bonds is 2. The Morgan fingerprint density at radius 3 is 2.20 bits per heavy atom. The third kappa shape index (κ3) is 2.35. The molecule has 2 saturated heterocycles. The Labute approximate surface area is 93.8 Å². The molecule has 3 nitrogen and oxygen atoms in total. The number of nitrogens with zero attached hydrogens (tertiary/aromatic N) is 2. The van der Waals surface area contributed by atoms with Crippen molar-refractivity contribution in [3.63, 3.8) is 0 Å². The van der Waals surface area contributed by atoms with Gasteiger partial charge >= 0.3 is 0 Å². The summed E-state index contributed by atoms with van der Waals surface area (Å²) in [6, 6.07) is 0. The molecule has 2 aliphatic heterocycles. The third-order valence-corrected chi connectivity index (χ3v) is 4.37. The van der Waals surface area contributed by atoms with Crippen LogP contribution in [0.1, 0.15) is 26.2 Å². The van der Waals surface area contributed by atoms with Crippen LogP contribution in [0, 0.1) is 0 Å². The first-order valence-electron chi connectivity index (χ1n) is 6.41. The second kappa shape index (κ2) is 4.81. The molecular formula is C12H25N3. The second-order valence-electron chi connectivity index (χ2n) is 5.12. The summed E-state index contributed by atoms with van der Waals surface area (Å²) in [6.07, 6.45) is 4.00. The maximum absolute atomic E-state index is 3.48. The monoisotopic (exact) mass is 211 g/mol. The summed E-state index contributed by atoms with van der Waals surface area (Å²) in [5, 5.41) is 3.48. The second-order valence-corrected chi connectivity index (χ2v) is 5.12. The van der Waals surface area contributed by atoms with Gasteiger partial charge in [0.2, 0.25) is 0 Å². The van der Waals surface area contributed by atoms with Gasteiger partial charge in [-0.05, 0) is 39.4 Å². The van der Waals surface area contributed by atoms with Crippen molar-refractivity contribution in [1.29, 1.82) is 0 Å². The van der Waals surface area contributed by atoms with Crippen molar-refractivity contribution >= 4 is 0 Å². The lowest BCUT2D eigenvalue weighted by Gasteiger charge is -2.49. The summed E-state index contributed by atoms with van der Waals surface area (Å²) in [4.78, 5) is 5.20. The Morgan fingerprint density at radius 2 is 1.67 bits per heavy atom. The number of hydrogen-bond acceptors (Lipinski definition) is 3. The lowest BCUT2D eigenvalue weighted by molar-refractivity contribution is 0.0153. The molecule has 0 unspecified atom stereocenters. The van der Waals surface area contributed by atoms with Crippen LogP contribution < -0.4 is 5.32 Å². The maximum Gasteiger partial charge on any atom is 0.0232 e. The highest BCUT2D eigenvalue weighted by Gasteiger charge is 2.37. The van der Waals surface area contributed by atoms with Gasteiger partial charge in [0.05, 0.1) is 0 Å². The summed E-state index contributed by atoms with van der Waals surface area (Å²) in [7, 11) is 2.23. The van der Waals surface area contributed by atoms with Crippen LogP contribution in [0.4, 0.5) is 0 Å². The van der Waals surface area contributed by atoms with Crippen LogP contribution in [0.15, 0.2) is 0 Å². The molecule has 1 N–H and O–H groups in total. The molecule has 2 fully saturated rings. The molecule has 0 radical (unpaired) electrons. The summed E-state index contributed by atoms with van der Waals surface area (Å²) in [6.45, 7) is 9.81. The molecule has 2 aliphatic rings. The highest BCUT2D eigenvalue weighted by molar-refractivity contribution is 4.95. The minimum atomic E-state index is 0.520. The summed E-state index contributed by atoms with van der Waals surface area (Å²) in [5.74, 6) is 0. The zero-order valence-corrected chi connectivity index (χ0v) is 10.3. The van der Waals surface area contributed by atoms with Gasteiger partial charge in [-0.2, -0.15) is 0 Å². The van der Waals surface area contributed by atoms with Crippen molar-refractivity contribution < 1.29 is 0 Å². The van der Waals surface area contributed by atoms with Crippen LogP contribution in [-0.4, -0.2) is 61.7 Å². The average Bonchev–Trinajstić information content (AvgIpc) is 2.31. The molecule has 0 aliphatic carbocycles. The fourth-order valence-electron chi connectivity index (χ4n) is 3.07. The van der Waals surface area contributed by atoms with Crippen molar-refractivity contribution in [2.45, 2.75) is 31.7 Å². The van der Waals surface area contributed by atoms with Gasteiger partial charge in [0, 0.05) is 31.7 Å². The van der Waals surface area contributed by atoms with E-state index in [0.29, 0.717) is 5.54 Å². The first-order valence-corrected chi connectivity index (χ1v) is 6.41. The molecule has 15 heavy (non-hydrogen) atoms. The molecule has 0 bridgehead atoms. The van der Waals surface area contributed by atoms with E-state index in [-0.39, 0.29) is 0 Å². The molecule has 88 valence electrons. The molecule has 0 spiro atoms. The van der Waals surface area contributed by atoms with E-state index in [9.17, 15) is 0 Å². The van der Waals surface area contributed by atoms with Gasteiger partial charge in [-0.25, -0.2) is 0 Å². The van der Waals surface area contributed by atoms with Gasteiger partial charge in [-0.3, -0.25) is 4.90 Å². The van der Waals surface area contributed by atoms with Crippen LogP contribution in [0.3, 0.4) is 0 Å². The summed E-state index contributed by atoms with van der Waals surface area (Å²) >= 11 is 0. The largest absolute Gasteiger partial charge is 0.317 e. The van der Waals surface area contributed by atoms with Crippen molar-refractivity contribution in [3.05, 3.63) is 0 Å². The van der Waals surface area contributed by atoms with Crippen LogP contribution in [0.5, 0.6) is 0 Å². The van der Waals surface area contributed by atoms with Crippen LogP contribution in [0.25, 0.3) is 0 Å². The SMILES string of the molecule is CCC1(N2CCN(C)CC2)CCNCC1. The molecule has 0 aromatic carbocycles. The van der Waals surface area contributed by atoms with Crippen molar-refractivity contribution in [1.82, 2.24) is 15.1 Å². The van der Waals surface area contributed by atoms with E-state index in [1.165, 1.54) is 58.5 Å².